The van der Waals surface area contributed by atoms with Gasteiger partial charge in [-0.25, -0.2) is 14.4 Å². The van der Waals surface area contributed by atoms with Gasteiger partial charge in [0.2, 0.25) is 0 Å². The molecule has 0 radical (unpaired) electrons. The number of hydrogen-bond acceptors (Lipinski definition) is 5. The van der Waals surface area contributed by atoms with Crippen LogP contribution in [0.4, 0.5) is 4.79 Å². The van der Waals surface area contributed by atoms with Crippen LogP contribution in [0.2, 0.25) is 0 Å². The van der Waals surface area contributed by atoms with Crippen molar-refractivity contribution in [3.8, 4) is 0 Å². The van der Waals surface area contributed by atoms with Gasteiger partial charge in [0.05, 0.1) is 0 Å². The average Bonchev–Trinajstić information content (AvgIpc) is 2.42. The molecule has 11 nitrogen and oxygen atoms in total. The Morgan fingerprint density at radius 3 is 1.21 bits per heavy atom. The van der Waals surface area contributed by atoms with E-state index < -0.39 is 66.7 Å². The van der Waals surface area contributed by atoms with Crippen LogP contribution in [-0.4, -0.2) is 61.4 Å². The van der Waals surface area contributed by atoms with Crippen molar-refractivity contribution in [2.24, 2.45) is 0 Å². The van der Waals surface area contributed by atoms with Gasteiger partial charge in [0.1, 0.15) is 11.1 Å². The van der Waals surface area contributed by atoms with E-state index in [0.717, 1.165) is 13.8 Å². The Bertz CT molecular complexity index is 502. The van der Waals surface area contributed by atoms with Crippen LogP contribution in [0.5, 0.6) is 0 Å². The van der Waals surface area contributed by atoms with Gasteiger partial charge < -0.3 is 31.1 Å². The van der Waals surface area contributed by atoms with Crippen LogP contribution >= 0.6 is 0 Å². The summed E-state index contributed by atoms with van der Waals surface area (Å²) in [7, 11) is 0. The Labute approximate surface area is 136 Å². The van der Waals surface area contributed by atoms with Crippen LogP contribution in [0, 0.1) is 0 Å². The molecular formula is C13H20N2O9. The van der Waals surface area contributed by atoms with Gasteiger partial charge in [0.25, 0.3) is 0 Å². The highest BCUT2D eigenvalue weighted by molar-refractivity contribution is 5.90. The standard InChI is InChI=1S/C13H20N2O9/c1-12(9(20)21,5-3-7(16)17)14-11(24)15-13(2,10(22)23)6-4-8(18)19/h3-6H2,1-2H3,(H,16,17)(H,18,19)(H,20,21)(H,22,23)(H2,14,15,24)/t12-,13-/m0/s1. The molecule has 0 saturated heterocycles. The second-order valence-corrected chi connectivity index (χ2v) is 5.64. The maximum absolute atomic E-state index is 11.9. The normalized spacial score (nSPS) is 15.4. The largest absolute Gasteiger partial charge is 0.481 e. The smallest absolute Gasteiger partial charge is 0.329 e. The first kappa shape index (κ1) is 21.1. The molecule has 11 heteroatoms. The number of urea groups is 1. The Hall–Kier alpha value is -2.85. The molecule has 0 fully saturated rings. The fraction of sp³-hybridized carbons (Fsp3) is 0.615. The number of aliphatic carboxylic acids is 4. The van der Waals surface area contributed by atoms with Crippen molar-refractivity contribution in [2.75, 3.05) is 0 Å². The molecule has 0 rings (SSSR count). The zero-order valence-corrected chi connectivity index (χ0v) is 13.2. The third-order valence-corrected chi connectivity index (χ3v) is 3.40. The van der Waals surface area contributed by atoms with Gasteiger partial charge in [-0.2, -0.15) is 0 Å². The number of hydrogen-bond donors (Lipinski definition) is 6. The predicted octanol–water partition coefficient (Wildman–Crippen LogP) is -0.298. The minimum Gasteiger partial charge on any atom is -0.481 e. The van der Waals surface area contributed by atoms with E-state index >= 15 is 0 Å². The van der Waals surface area contributed by atoms with Gasteiger partial charge in [0.15, 0.2) is 0 Å². The molecule has 136 valence electrons. The second kappa shape index (κ2) is 8.13. The lowest BCUT2D eigenvalue weighted by Gasteiger charge is -2.30. The monoisotopic (exact) mass is 348 g/mol. The number of amides is 2. The van der Waals surface area contributed by atoms with E-state index in [0.29, 0.717) is 0 Å². The fourth-order valence-corrected chi connectivity index (χ4v) is 1.69. The number of carbonyl (C=O) groups excluding carboxylic acids is 1. The third-order valence-electron chi connectivity index (χ3n) is 3.40. The molecule has 24 heavy (non-hydrogen) atoms. The van der Waals surface area contributed by atoms with Gasteiger partial charge in [-0.1, -0.05) is 0 Å². The summed E-state index contributed by atoms with van der Waals surface area (Å²) in [6.45, 7) is 2.15. The molecule has 0 aliphatic heterocycles. The van der Waals surface area contributed by atoms with Crippen LogP contribution < -0.4 is 10.6 Å². The van der Waals surface area contributed by atoms with Crippen LogP contribution in [0.15, 0.2) is 0 Å². The zero-order chi connectivity index (χ0) is 19.1. The van der Waals surface area contributed by atoms with Crippen LogP contribution in [0.25, 0.3) is 0 Å². The number of carbonyl (C=O) groups is 5. The quantitative estimate of drug-likeness (QED) is 0.307. The topological polar surface area (TPSA) is 190 Å². The number of rotatable bonds is 10. The summed E-state index contributed by atoms with van der Waals surface area (Å²) in [6.07, 6.45) is -1.91. The van der Waals surface area contributed by atoms with E-state index in [1.807, 2.05) is 10.6 Å². The number of carboxylic acid groups (broad SMARTS) is 4. The lowest BCUT2D eigenvalue weighted by molar-refractivity contribution is -0.145. The molecule has 2 amide bonds. The molecular weight excluding hydrogens is 328 g/mol. The molecule has 6 N–H and O–H groups in total. The summed E-state index contributed by atoms with van der Waals surface area (Å²) in [5, 5.41) is 39.6. The molecule has 0 aromatic heterocycles. The summed E-state index contributed by atoms with van der Waals surface area (Å²) in [5.41, 5.74) is -3.87. The maximum Gasteiger partial charge on any atom is 0.329 e. The van der Waals surface area contributed by atoms with E-state index in [9.17, 15) is 24.0 Å². The minimum atomic E-state index is -1.94. The van der Waals surface area contributed by atoms with Crippen molar-refractivity contribution >= 4 is 29.9 Å². The molecule has 0 bridgehead atoms. The highest BCUT2D eigenvalue weighted by Gasteiger charge is 2.39. The van der Waals surface area contributed by atoms with Crippen LogP contribution in [0.3, 0.4) is 0 Å². The SMILES string of the molecule is C[C@@](CCC(=O)O)(NC(=O)N[C@@](C)(CCC(=O)O)C(=O)O)C(=O)O. The van der Waals surface area contributed by atoms with Crippen LogP contribution in [0.1, 0.15) is 39.5 Å². The average molecular weight is 348 g/mol. The highest BCUT2D eigenvalue weighted by atomic mass is 16.4. The van der Waals surface area contributed by atoms with Gasteiger partial charge in [-0.15, -0.1) is 0 Å². The Balaban J connectivity index is 5.09. The van der Waals surface area contributed by atoms with Crippen molar-refractivity contribution in [2.45, 2.75) is 50.6 Å². The number of carboxylic acids is 4. The van der Waals surface area contributed by atoms with Gasteiger partial charge >= 0.3 is 29.9 Å². The zero-order valence-electron chi connectivity index (χ0n) is 13.2. The minimum absolute atomic E-state index is 0.427. The molecule has 0 saturated carbocycles. The van der Waals surface area contributed by atoms with Crippen molar-refractivity contribution in [1.82, 2.24) is 10.6 Å². The molecule has 2 atom stereocenters. The van der Waals surface area contributed by atoms with E-state index in [2.05, 4.69) is 0 Å². The Morgan fingerprint density at radius 1 is 0.708 bits per heavy atom. The van der Waals surface area contributed by atoms with Gasteiger partial charge in [0, 0.05) is 12.8 Å². The van der Waals surface area contributed by atoms with Crippen LogP contribution in [-0.2, 0) is 19.2 Å². The Kier molecular flexibility index (Phi) is 7.16. The summed E-state index contributed by atoms with van der Waals surface area (Å²) < 4.78 is 0. The lowest BCUT2D eigenvalue weighted by atomic mass is 9.94. The van der Waals surface area contributed by atoms with E-state index in [1.165, 1.54) is 0 Å². The van der Waals surface area contributed by atoms with E-state index in [-0.39, 0.29) is 0 Å². The summed E-state index contributed by atoms with van der Waals surface area (Å²) in [5.74, 6) is -5.52. The summed E-state index contributed by atoms with van der Waals surface area (Å²) in [4.78, 5) is 55.6. The first-order chi connectivity index (χ1) is 10.8. The molecule has 0 aliphatic carbocycles. The van der Waals surface area contributed by atoms with Gasteiger partial charge in [-0.05, 0) is 26.7 Å². The molecule has 0 aromatic carbocycles. The van der Waals surface area contributed by atoms with E-state index in [4.69, 9.17) is 20.4 Å². The molecule has 0 unspecified atom stereocenters. The second-order valence-electron chi connectivity index (χ2n) is 5.64. The van der Waals surface area contributed by atoms with Crippen molar-refractivity contribution < 1.29 is 44.4 Å². The Morgan fingerprint density at radius 2 is 1.00 bits per heavy atom. The van der Waals surface area contributed by atoms with Crippen molar-refractivity contribution in [1.29, 1.82) is 0 Å². The first-order valence-corrected chi connectivity index (χ1v) is 6.83. The van der Waals surface area contributed by atoms with Crippen molar-refractivity contribution in [3.63, 3.8) is 0 Å². The fourth-order valence-electron chi connectivity index (χ4n) is 1.69. The first-order valence-electron chi connectivity index (χ1n) is 6.83. The third kappa shape index (κ3) is 6.50. The lowest BCUT2D eigenvalue weighted by Crippen LogP contribution is -2.61. The summed E-state index contributed by atoms with van der Waals surface area (Å²) in [6, 6.07) is -1.17. The van der Waals surface area contributed by atoms with E-state index in [1.54, 1.807) is 0 Å². The van der Waals surface area contributed by atoms with Crippen molar-refractivity contribution in [3.05, 3.63) is 0 Å². The maximum atomic E-state index is 11.9. The summed E-state index contributed by atoms with van der Waals surface area (Å²) >= 11 is 0. The highest BCUT2D eigenvalue weighted by Crippen LogP contribution is 2.16. The molecule has 0 aliphatic rings. The number of nitrogens with one attached hydrogen (secondary N) is 2. The predicted molar refractivity (Wildman–Crippen MR) is 77.5 cm³/mol. The molecule has 0 heterocycles. The van der Waals surface area contributed by atoms with Gasteiger partial charge in [-0.3, -0.25) is 9.59 Å². The molecule has 0 aromatic rings. The molecule has 0 spiro atoms.